The van der Waals surface area contributed by atoms with Crippen molar-refractivity contribution >= 4 is 0 Å². The lowest BCUT2D eigenvalue weighted by atomic mass is 9.65. The van der Waals surface area contributed by atoms with Gasteiger partial charge in [0.15, 0.2) is 0 Å². The molecular formula is C36H68O4. The van der Waals surface area contributed by atoms with Crippen molar-refractivity contribution in [2.45, 2.75) is 168 Å². The van der Waals surface area contributed by atoms with Gasteiger partial charge < -0.3 is 0 Å². The second-order valence-corrected chi connectivity index (χ2v) is 12.6. The molecule has 0 saturated carbocycles. The summed E-state index contributed by atoms with van der Waals surface area (Å²) in [6.07, 6.45) is 41.2. The van der Waals surface area contributed by atoms with Gasteiger partial charge in [0.2, 0.25) is 0 Å². The quantitative estimate of drug-likeness (QED) is 0.0410. The van der Waals surface area contributed by atoms with E-state index in [-0.39, 0.29) is 0 Å². The molecule has 0 fully saturated rings. The van der Waals surface area contributed by atoms with Crippen LogP contribution >= 0.6 is 0 Å². The molecule has 0 saturated heterocycles. The number of allylic oxidation sites excluding steroid dienone is 4. The van der Waals surface area contributed by atoms with Crippen LogP contribution in [0.25, 0.3) is 0 Å². The molecule has 0 aromatic rings. The molecule has 0 radical (unpaired) electrons. The van der Waals surface area contributed by atoms with Crippen molar-refractivity contribution < 1.29 is 20.3 Å². The molecule has 0 heterocycles. The molecular weight excluding hydrogens is 496 g/mol. The Morgan fingerprint density at radius 2 is 0.950 bits per heavy atom. The second kappa shape index (κ2) is 28.4. The van der Waals surface area contributed by atoms with Crippen LogP contribution in [0.3, 0.4) is 0 Å². The third kappa shape index (κ3) is 19.4. The van der Waals surface area contributed by atoms with Crippen molar-refractivity contribution in [1.82, 2.24) is 0 Å². The molecule has 236 valence electrons. The minimum absolute atomic E-state index is 0.472. The highest BCUT2D eigenvalue weighted by molar-refractivity contribution is 5.06. The first kappa shape index (κ1) is 37.3. The fraction of sp³-hybridized carbons (Fsp3) is 0.889. The van der Waals surface area contributed by atoms with Gasteiger partial charge in [0, 0.05) is 0 Å². The van der Waals surface area contributed by atoms with Crippen molar-refractivity contribution in [2.75, 3.05) is 13.2 Å². The van der Waals surface area contributed by atoms with Gasteiger partial charge in [-0.05, 0) is 75.0 Å². The van der Waals surface area contributed by atoms with Gasteiger partial charge >= 0.3 is 0 Å². The molecule has 0 bridgehead atoms. The Kier molecular flexibility index (Phi) is 26.6. The summed E-state index contributed by atoms with van der Waals surface area (Å²) in [5.41, 5.74) is 0. The highest BCUT2D eigenvalue weighted by Gasteiger charge is 2.34. The van der Waals surface area contributed by atoms with Crippen LogP contribution in [-0.4, -0.2) is 23.7 Å². The number of unbranched alkanes of at least 4 members (excludes halogenated alkanes) is 16. The lowest BCUT2D eigenvalue weighted by Crippen LogP contribution is -2.31. The maximum Gasteiger partial charge on any atom is 0.0819 e. The largest absolute Gasteiger partial charge is 0.252 e. The smallest absolute Gasteiger partial charge is 0.0819 e. The molecule has 1 rings (SSSR count). The van der Waals surface area contributed by atoms with E-state index < -0.39 is 0 Å². The third-order valence-electron chi connectivity index (χ3n) is 9.24. The van der Waals surface area contributed by atoms with E-state index in [1.165, 1.54) is 128 Å². The number of hydrogen-bond acceptors (Lipinski definition) is 4. The first-order valence-corrected chi connectivity index (χ1v) is 17.6. The highest BCUT2D eigenvalue weighted by Crippen LogP contribution is 2.44. The van der Waals surface area contributed by atoms with Crippen LogP contribution in [0.1, 0.15) is 168 Å². The number of rotatable bonds is 29. The van der Waals surface area contributed by atoms with Crippen LogP contribution in [0, 0.1) is 23.7 Å². The standard InChI is InChI=1S/C36H68O4/c1-3-5-7-9-15-21-27-35-33(25-19-8-6-4-2)29-30-34(26-20-14-10-12-17-23-31-39-37)36(35)28-22-16-11-13-18-24-32-40-38/h15,21,29-30,33-38H,3-14,16-20,22-28,31-32H2,1-2H3. The van der Waals surface area contributed by atoms with E-state index in [0.29, 0.717) is 13.2 Å². The summed E-state index contributed by atoms with van der Waals surface area (Å²) in [6.45, 7) is 5.55. The molecule has 0 aromatic heterocycles. The van der Waals surface area contributed by atoms with Crippen LogP contribution in [0.2, 0.25) is 0 Å². The van der Waals surface area contributed by atoms with Crippen LogP contribution in [0.4, 0.5) is 0 Å². The average Bonchev–Trinajstić information content (AvgIpc) is 2.97. The molecule has 0 amide bonds. The van der Waals surface area contributed by atoms with E-state index in [1.807, 2.05) is 0 Å². The highest BCUT2D eigenvalue weighted by atomic mass is 17.1. The van der Waals surface area contributed by atoms with Gasteiger partial charge in [-0.2, -0.15) is 0 Å². The van der Waals surface area contributed by atoms with Crippen molar-refractivity contribution in [3.63, 3.8) is 0 Å². The molecule has 4 atom stereocenters. The molecule has 0 spiro atoms. The summed E-state index contributed by atoms with van der Waals surface area (Å²) in [5, 5.41) is 17.0. The monoisotopic (exact) mass is 565 g/mol. The minimum Gasteiger partial charge on any atom is -0.252 e. The average molecular weight is 565 g/mol. The molecule has 4 heteroatoms. The Bertz CT molecular complexity index is 575. The van der Waals surface area contributed by atoms with Crippen molar-refractivity contribution in [3.8, 4) is 0 Å². The van der Waals surface area contributed by atoms with E-state index in [1.54, 1.807) is 0 Å². The Labute approximate surface area is 249 Å². The van der Waals surface area contributed by atoms with Gasteiger partial charge in [-0.1, -0.05) is 141 Å². The van der Waals surface area contributed by atoms with E-state index in [2.05, 4.69) is 47.9 Å². The van der Waals surface area contributed by atoms with Gasteiger partial charge in [0.05, 0.1) is 13.2 Å². The Morgan fingerprint density at radius 1 is 0.500 bits per heavy atom. The van der Waals surface area contributed by atoms with E-state index in [9.17, 15) is 0 Å². The number of hydrogen-bond donors (Lipinski definition) is 2. The van der Waals surface area contributed by atoms with E-state index in [0.717, 1.165) is 49.4 Å². The Balaban J connectivity index is 2.74. The predicted octanol–water partition coefficient (Wildman–Crippen LogP) is 12.0. The molecule has 0 aliphatic heterocycles. The summed E-state index contributed by atoms with van der Waals surface area (Å²) in [6, 6.07) is 0. The lowest BCUT2D eigenvalue weighted by molar-refractivity contribution is -0.242. The third-order valence-corrected chi connectivity index (χ3v) is 9.24. The maximum atomic E-state index is 8.53. The zero-order valence-corrected chi connectivity index (χ0v) is 26.7. The topological polar surface area (TPSA) is 58.9 Å². The predicted molar refractivity (Wildman–Crippen MR) is 172 cm³/mol. The van der Waals surface area contributed by atoms with Gasteiger partial charge in [0.1, 0.15) is 0 Å². The second-order valence-electron chi connectivity index (χ2n) is 12.6. The first-order chi connectivity index (χ1) is 19.8. The summed E-state index contributed by atoms with van der Waals surface area (Å²) in [5.74, 6) is 3.13. The van der Waals surface area contributed by atoms with Crippen LogP contribution in [0.5, 0.6) is 0 Å². The minimum atomic E-state index is 0.472. The fourth-order valence-electron chi connectivity index (χ4n) is 6.80. The first-order valence-electron chi connectivity index (χ1n) is 17.6. The molecule has 4 nitrogen and oxygen atoms in total. The van der Waals surface area contributed by atoms with Crippen molar-refractivity contribution in [1.29, 1.82) is 0 Å². The molecule has 0 aromatic carbocycles. The van der Waals surface area contributed by atoms with Crippen LogP contribution < -0.4 is 0 Å². The Hall–Kier alpha value is -0.680. The van der Waals surface area contributed by atoms with E-state index in [4.69, 9.17) is 10.5 Å². The molecule has 1 aliphatic carbocycles. The van der Waals surface area contributed by atoms with Crippen molar-refractivity contribution in [2.24, 2.45) is 23.7 Å². The van der Waals surface area contributed by atoms with Gasteiger partial charge in [-0.25, -0.2) is 9.78 Å². The normalized spacial score (nSPS) is 21.1. The lowest BCUT2D eigenvalue weighted by Gasteiger charge is -2.40. The van der Waals surface area contributed by atoms with Gasteiger partial charge in [-0.15, -0.1) is 0 Å². The Morgan fingerprint density at radius 3 is 1.50 bits per heavy atom. The summed E-state index contributed by atoms with van der Waals surface area (Å²) >= 11 is 0. The molecule has 4 unspecified atom stereocenters. The molecule has 2 N–H and O–H groups in total. The molecule has 1 aliphatic rings. The SMILES string of the molecule is CCCCCC=CCC1C(CCCCCC)C=CC(CCCCCCCCOO)C1CCCCCCCCOO. The maximum absolute atomic E-state index is 8.53. The van der Waals surface area contributed by atoms with Crippen LogP contribution in [0.15, 0.2) is 24.3 Å². The fourth-order valence-corrected chi connectivity index (χ4v) is 6.80. The zero-order valence-electron chi connectivity index (χ0n) is 26.7. The van der Waals surface area contributed by atoms with Gasteiger partial charge in [0.25, 0.3) is 0 Å². The van der Waals surface area contributed by atoms with E-state index >= 15 is 0 Å². The summed E-state index contributed by atoms with van der Waals surface area (Å²) in [4.78, 5) is 8.44. The van der Waals surface area contributed by atoms with Gasteiger partial charge in [-0.3, -0.25) is 10.5 Å². The summed E-state index contributed by atoms with van der Waals surface area (Å²) in [7, 11) is 0. The molecule has 40 heavy (non-hydrogen) atoms. The van der Waals surface area contributed by atoms with Crippen LogP contribution in [-0.2, 0) is 9.78 Å². The summed E-state index contributed by atoms with van der Waals surface area (Å²) < 4.78 is 0. The van der Waals surface area contributed by atoms with Crippen molar-refractivity contribution in [3.05, 3.63) is 24.3 Å². The zero-order chi connectivity index (χ0) is 28.9.